The van der Waals surface area contributed by atoms with E-state index >= 15 is 0 Å². The Bertz CT molecular complexity index is 399. The van der Waals surface area contributed by atoms with Gasteiger partial charge in [-0.3, -0.25) is 4.79 Å². The Labute approximate surface area is 109 Å². The van der Waals surface area contributed by atoms with Crippen LogP contribution in [0.1, 0.15) is 32.3 Å². The summed E-state index contributed by atoms with van der Waals surface area (Å²) in [6, 6.07) is 7.72. The summed E-state index contributed by atoms with van der Waals surface area (Å²) in [5.74, 6) is 0.751. The molecule has 0 saturated carbocycles. The molecule has 1 N–H and O–H groups in total. The normalized spacial score (nSPS) is 10.6. The smallest absolute Gasteiger partial charge is 0.244 e. The van der Waals surface area contributed by atoms with Crippen LogP contribution in [0.5, 0.6) is 5.75 Å². The van der Waals surface area contributed by atoms with Crippen LogP contribution in [0.3, 0.4) is 0 Å². The molecule has 0 aromatic heterocycles. The van der Waals surface area contributed by atoms with Gasteiger partial charge in [0.15, 0.2) is 0 Å². The Hall–Kier alpha value is -1.77. The zero-order valence-corrected chi connectivity index (χ0v) is 11.1. The van der Waals surface area contributed by atoms with E-state index in [1.54, 1.807) is 12.2 Å². The second-order valence-corrected chi connectivity index (χ2v) is 4.01. The second kappa shape index (κ2) is 8.34. The maximum absolute atomic E-state index is 11.5. The molecule has 0 unspecified atom stereocenters. The fourth-order valence-electron chi connectivity index (χ4n) is 1.43. The number of hydrogen-bond acceptors (Lipinski definition) is 2. The zero-order chi connectivity index (χ0) is 13.2. The van der Waals surface area contributed by atoms with E-state index in [1.165, 1.54) is 0 Å². The van der Waals surface area contributed by atoms with Crippen LogP contribution in [-0.2, 0) is 4.79 Å². The first kappa shape index (κ1) is 14.3. The summed E-state index contributed by atoms with van der Waals surface area (Å²) in [7, 11) is 0. The third-order valence-electron chi connectivity index (χ3n) is 2.34. The molecule has 1 amide bonds. The number of ether oxygens (including phenoxy) is 1. The predicted octanol–water partition coefficient (Wildman–Crippen LogP) is 3.01. The van der Waals surface area contributed by atoms with Gasteiger partial charge in [0.05, 0.1) is 6.61 Å². The van der Waals surface area contributed by atoms with Gasteiger partial charge in [-0.2, -0.15) is 0 Å². The van der Waals surface area contributed by atoms with E-state index in [4.69, 9.17) is 4.74 Å². The first-order valence-corrected chi connectivity index (χ1v) is 6.45. The van der Waals surface area contributed by atoms with Crippen LogP contribution in [0.25, 0.3) is 6.08 Å². The summed E-state index contributed by atoms with van der Waals surface area (Å²) in [5.41, 5.74) is 0.928. The van der Waals surface area contributed by atoms with Gasteiger partial charge in [-0.15, -0.1) is 0 Å². The highest BCUT2D eigenvalue weighted by molar-refractivity contribution is 5.92. The molecule has 3 heteroatoms. The second-order valence-electron chi connectivity index (χ2n) is 4.01. The van der Waals surface area contributed by atoms with Crippen LogP contribution < -0.4 is 10.1 Å². The molecule has 1 aromatic carbocycles. The average Bonchev–Trinajstić information content (AvgIpc) is 2.41. The van der Waals surface area contributed by atoms with Gasteiger partial charge in [-0.25, -0.2) is 0 Å². The van der Waals surface area contributed by atoms with Crippen LogP contribution in [0.2, 0.25) is 0 Å². The molecule has 1 rings (SSSR count). The lowest BCUT2D eigenvalue weighted by molar-refractivity contribution is -0.116. The van der Waals surface area contributed by atoms with Gasteiger partial charge in [-0.1, -0.05) is 32.0 Å². The van der Waals surface area contributed by atoms with Crippen molar-refractivity contribution in [2.24, 2.45) is 0 Å². The molecule has 0 saturated heterocycles. The molecule has 0 aliphatic carbocycles. The van der Waals surface area contributed by atoms with Crippen molar-refractivity contribution in [3.05, 3.63) is 35.9 Å². The van der Waals surface area contributed by atoms with E-state index in [0.717, 1.165) is 24.2 Å². The Kier molecular flexibility index (Phi) is 6.62. The van der Waals surface area contributed by atoms with Gasteiger partial charge in [0.1, 0.15) is 5.75 Å². The molecule has 98 valence electrons. The third kappa shape index (κ3) is 5.04. The highest BCUT2D eigenvalue weighted by atomic mass is 16.5. The van der Waals surface area contributed by atoms with Crippen LogP contribution in [0.15, 0.2) is 30.3 Å². The lowest BCUT2D eigenvalue weighted by Gasteiger charge is -2.07. The standard InChI is InChI=1S/C15H21NO2/c1-3-11-16-15(17)10-9-13-7-5-6-8-14(13)18-12-4-2/h5-10H,3-4,11-12H2,1-2H3,(H,16,17)/b10-9+. The molecular weight excluding hydrogens is 226 g/mol. The lowest BCUT2D eigenvalue weighted by Crippen LogP contribution is -2.21. The molecule has 0 radical (unpaired) electrons. The maximum atomic E-state index is 11.5. The Balaban J connectivity index is 2.65. The van der Waals surface area contributed by atoms with Gasteiger partial charge in [0.25, 0.3) is 0 Å². The summed E-state index contributed by atoms with van der Waals surface area (Å²) in [4.78, 5) is 11.5. The molecule has 0 spiro atoms. The van der Waals surface area contributed by atoms with Crippen molar-refractivity contribution in [3.8, 4) is 5.75 Å². The van der Waals surface area contributed by atoms with Crippen molar-refractivity contribution >= 4 is 12.0 Å². The van der Waals surface area contributed by atoms with Crippen LogP contribution >= 0.6 is 0 Å². The van der Waals surface area contributed by atoms with Gasteiger partial charge >= 0.3 is 0 Å². The quantitative estimate of drug-likeness (QED) is 0.752. The largest absolute Gasteiger partial charge is 0.493 e. The SMILES string of the molecule is CCCNC(=O)/C=C/c1ccccc1OCCC. The molecule has 0 bridgehead atoms. The minimum absolute atomic E-state index is 0.0675. The fraction of sp³-hybridized carbons (Fsp3) is 0.400. The van der Waals surface area contributed by atoms with Crippen LogP contribution in [-0.4, -0.2) is 19.1 Å². The molecule has 0 heterocycles. The summed E-state index contributed by atoms with van der Waals surface area (Å²) < 4.78 is 5.62. The number of amides is 1. The third-order valence-corrected chi connectivity index (χ3v) is 2.34. The molecule has 0 aliphatic heterocycles. The number of carbonyl (C=O) groups excluding carboxylic acids is 1. The van der Waals surface area contributed by atoms with E-state index in [1.807, 2.05) is 31.2 Å². The predicted molar refractivity (Wildman–Crippen MR) is 74.6 cm³/mol. The van der Waals surface area contributed by atoms with Gasteiger partial charge < -0.3 is 10.1 Å². The molecule has 18 heavy (non-hydrogen) atoms. The molecule has 0 aliphatic rings. The number of hydrogen-bond donors (Lipinski definition) is 1. The number of rotatable bonds is 7. The summed E-state index contributed by atoms with van der Waals surface area (Å²) in [6.45, 7) is 5.48. The molecule has 0 atom stereocenters. The minimum Gasteiger partial charge on any atom is -0.493 e. The van der Waals surface area contributed by atoms with Crippen LogP contribution in [0.4, 0.5) is 0 Å². The Morgan fingerprint density at radius 3 is 2.78 bits per heavy atom. The maximum Gasteiger partial charge on any atom is 0.244 e. The van der Waals surface area contributed by atoms with Crippen molar-refractivity contribution in [1.29, 1.82) is 0 Å². The number of para-hydroxylation sites is 1. The van der Waals surface area contributed by atoms with E-state index in [2.05, 4.69) is 12.2 Å². The molecule has 1 aromatic rings. The Morgan fingerprint density at radius 2 is 2.06 bits per heavy atom. The minimum atomic E-state index is -0.0675. The zero-order valence-electron chi connectivity index (χ0n) is 11.1. The first-order chi connectivity index (χ1) is 8.77. The topological polar surface area (TPSA) is 38.3 Å². The fourth-order valence-corrected chi connectivity index (χ4v) is 1.43. The number of nitrogens with one attached hydrogen (secondary N) is 1. The van der Waals surface area contributed by atoms with Gasteiger partial charge in [0, 0.05) is 18.2 Å². The monoisotopic (exact) mass is 247 g/mol. The molecule has 3 nitrogen and oxygen atoms in total. The van der Waals surface area contributed by atoms with Crippen molar-refractivity contribution in [3.63, 3.8) is 0 Å². The summed E-state index contributed by atoms with van der Waals surface area (Å²) in [5, 5.41) is 2.80. The van der Waals surface area contributed by atoms with E-state index in [9.17, 15) is 4.79 Å². The summed E-state index contributed by atoms with van der Waals surface area (Å²) in [6.07, 6.45) is 5.24. The molecular formula is C15H21NO2. The van der Waals surface area contributed by atoms with E-state index in [-0.39, 0.29) is 5.91 Å². The average molecular weight is 247 g/mol. The Morgan fingerprint density at radius 1 is 1.28 bits per heavy atom. The van der Waals surface area contributed by atoms with Crippen molar-refractivity contribution in [2.75, 3.05) is 13.2 Å². The number of benzene rings is 1. The summed E-state index contributed by atoms with van der Waals surface area (Å²) >= 11 is 0. The van der Waals surface area contributed by atoms with Gasteiger partial charge in [-0.05, 0) is 25.0 Å². The van der Waals surface area contributed by atoms with Crippen LogP contribution in [0, 0.1) is 0 Å². The van der Waals surface area contributed by atoms with E-state index < -0.39 is 0 Å². The van der Waals surface area contributed by atoms with Crippen molar-refractivity contribution in [1.82, 2.24) is 5.32 Å². The number of carbonyl (C=O) groups is 1. The van der Waals surface area contributed by atoms with Crippen molar-refractivity contribution < 1.29 is 9.53 Å². The van der Waals surface area contributed by atoms with E-state index in [0.29, 0.717) is 13.2 Å². The molecule has 0 fully saturated rings. The van der Waals surface area contributed by atoms with Gasteiger partial charge in [0.2, 0.25) is 5.91 Å². The van der Waals surface area contributed by atoms with Crippen molar-refractivity contribution in [2.45, 2.75) is 26.7 Å². The highest BCUT2D eigenvalue weighted by Crippen LogP contribution is 2.19. The highest BCUT2D eigenvalue weighted by Gasteiger charge is 2.00. The lowest BCUT2D eigenvalue weighted by atomic mass is 10.2. The first-order valence-electron chi connectivity index (χ1n) is 6.45.